The van der Waals surface area contributed by atoms with Crippen LogP contribution in [-0.4, -0.2) is 4.98 Å². The van der Waals surface area contributed by atoms with Crippen molar-refractivity contribution in [1.29, 1.82) is 0 Å². The van der Waals surface area contributed by atoms with E-state index in [0.29, 0.717) is 0 Å². The molecule has 3 heteroatoms. The first-order valence-corrected chi connectivity index (χ1v) is 7.90. The van der Waals surface area contributed by atoms with E-state index < -0.39 is 0 Å². The fraction of sp³-hybridized carbons (Fsp3) is 0. The number of hydrogen-bond donors (Lipinski definition) is 0. The van der Waals surface area contributed by atoms with Gasteiger partial charge in [-0.25, -0.2) is 0 Å². The Morgan fingerprint density at radius 1 is 0.625 bits per heavy atom. The van der Waals surface area contributed by atoms with E-state index in [1.54, 1.807) is 0 Å². The molecule has 0 saturated heterocycles. The number of hydrogen-bond acceptors (Lipinski definition) is 3. The highest BCUT2D eigenvalue weighted by molar-refractivity contribution is 6.00. The van der Waals surface area contributed by atoms with Gasteiger partial charge in [0.25, 0.3) is 0 Å². The summed E-state index contributed by atoms with van der Waals surface area (Å²) in [5.41, 5.74) is 3.10. The minimum absolute atomic E-state index is 0.851. The Balaban J connectivity index is 1.84. The molecule has 0 saturated carbocycles. The van der Waals surface area contributed by atoms with Crippen LogP contribution in [0, 0.1) is 0 Å². The van der Waals surface area contributed by atoms with E-state index in [2.05, 4.69) is 40.2 Å². The van der Waals surface area contributed by atoms with Crippen molar-refractivity contribution in [3.05, 3.63) is 85.2 Å². The van der Waals surface area contributed by atoms with Gasteiger partial charge in [0.1, 0.15) is 0 Å². The monoisotopic (exact) mass is 310 g/mol. The number of pyridine rings is 1. The Hall–Kier alpha value is -3.33. The Labute approximate surface area is 139 Å². The van der Waals surface area contributed by atoms with Gasteiger partial charge in [-0.15, -0.1) is 0 Å². The second-order valence-electron chi connectivity index (χ2n) is 5.75. The molecule has 3 aromatic carbocycles. The van der Waals surface area contributed by atoms with Crippen LogP contribution in [-0.2, 0) is 0 Å². The third-order valence-corrected chi connectivity index (χ3v) is 4.32. The van der Waals surface area contributed by atoms with Gasteiger partial charge in [0, 0.05) is 17.0 Å². The van der Waals surface area contributed by atoms with E-state index in [4.69, 9.17) is 4.74 Å². The van der Waals surface area contributed by atoms with Crippen molar-refractivity contribution in [2.24, 2.45) is 0 Å². The van der Waals surface area contributed by atoms with Crippen LogP contribution in [0.15, 0.2) is 85.2 Å². The Bertz CT molecular complexity index is 1010. The second kappa shape index (κ2) is 5.10. The molecule has 1 aliphatic heterocycles. The van der Waals surface area contributed by atoms with Gasteiger partial charge in [0.15, 0.2) is 11.5 Å². The summed E-state index contributed by atoms with van der Waals surface area (Å²) in [5.74, 6) is 1.70. The molecular weight excluding hydrogens is 296 g/mol. The van der Waals surface area contributed by atoms with E-state index in [9.17, 15) is 0 Å². The van der Waals surface area contributed by atoms with Crippen LogP contribution in [0.4, 0.5) is 17.1 Å². The van der Waals surface area contributed by atoms with E-state index in [1.165, 1.54) is 5.39 Å². The molecule has 0 atom stereocenters. The Morgan fingerprint density at radius 2 is 1.25 bits per heavy atom. The summed E-state index contributed by atoms with van der Waals surface area (Å²) in [6.45, 7) is 0. The molecule has 1 aromatic heterocycles. The molecule has 0 unspecified atom stereocenters. The average Bonchev–Trinajstić information content (AvgIpc) is 2.66. The zero-order valence-electron chi connectivity index (χ0n) is 12.9. The normalized spacial score (nSPS) is 12.4. The second-order valence-corrected chi connectivity index (χ2v) is 5.75. The predicted molar refractivity (Wildman–Crippen MR) is 96.5 cm³/mol. The molecule has 0 aliphatic carbocycles. The molecule has 3 nitrogen and oxygen atoms in total. The van der Waals surface area contributed by atoms with E-state index in [-0.39, 0.29) is 0 Å². The van der Waals surface area contributed by atoms with Crippen molar-refractivity contribution >= 4 is 27.8 Å². The molecule has 0 radical (unpaired) electrons. The van der Waals surface area contributed by atoms with Crippen LogP contribution in [0.1, 0.15) is 0 Å². The molecule has 4 aromatic rings. The maximum atomic E-state index is 6.08. The highest BCUT2D eigenvalue weighted by atomic mass is 16.5. The number of benzene rings is 3. The number of nitrogens with zero attached hydrogens (tertiary/aromatic N) is 2. The van der Waals surface area contributed by atoms with Gasteiger partial charge < -0.3 is 9.64 Å². The van der Waals surface area contributed by atoms with Crippen molar-refractivity contribution in [1.82, 2.24) is 4.98 Å². The molecule has 0 spiro atoms. The minimum Gasteiger partial charge on any atom is -0.453 e. The minimum atomic E-state index is 0.851. The van der Waals surface area contributed by atoms with Crippen molar-refractivity contribution < 1.29 is 4.74 Å². The highest BCUT2D eigenvalue weighted by Gasteiger charge is 2.26. The molecule has 0 N–H and O–H groups in total. The summed E-state index contributed by atoms with van der Waals surface area (Å²) >= 11 is 0. The number of ether oxygens (including phenoxy) is 1. The quantitative estimate of drug-likeness (QED) is 0.390. The average molecular weight is 310 g/mol. The van der Waals surface area contributed by atoms with Crippen LogP contribution < -0.4 is 9.64 Å². The van der Waals surface area contributed by atoms with Crippen LogP contribution in [0.2, 0.25) is 0 Å². The number of para-hydroxylation sites is 4. The summed E-state index contributed by atoms with van der Waals surface area (Å²) in [5, 5.41) is 2.29. The number of rotatable bonds is 1. The molecular formula is C21H14N2O. The molecule has 0 bridgehead atoms. The fourth-order valence-corrected chi connectivity index (χ4v) is 3.24. The lowest BCUT2D eigenvalue weighted by molar-refractivity contribution is 0.477. The molecule has 114 valence electrons. The summed E-state index contributed by atoms with van der Waals surface area (Å²) < 4.78 is 6.08. The zero-order valence-corrected chi connectivity index (χ0v) is 12.9. The molecule has 0 fully saturated rings. The first-order valence-electron chi connectivity index (χ1n) is 7.90. The third-order valence-electron chi connectivity index (χ3n) is 4.32. The molecule has 2 heterocycles. The van der Waals surface area contributed by atoms with Crippen LogP contribution in [0.3, 0.4) is 0 Å². The molecule has 0 amide bonds. The van der Waals surface area contributed by atoms with Crippen molar-refractivity contribution in [2.45, 2.75) is 0 Å². The Morgan fingerprint density at radius 3 is 2.00 bits per heavy atom. The SMILES string of the molecule is c1ccc2c(c1)Oc1ccccc1N2c1cncc2ccccc12. The van der Waals surface area contributed by atoms with Crippen molar-refractivity contribution in [3.63, 3.8) is 0 Å². The maximum Gasteiger partial charge on any atom is 0.151 e. The Kier molecular flexibility index (Phi) is 2.79. The van der Waals surface area contributed by atoms with Crippen LogP contribution >= 0.6 is 0 Å². The van der Waals surface area contributed by atoms with E-state index >= 15 is 0 Å². The summed E-state index contributed by atoms with van der Waals surface area (Å²) in [7, 11) is 0. The number of fused-ring (bicyclic) bond motifs is 3. The third kappa shape index (κ3) is 1.88. The van der Waals surface area contributed by atoms with E-state index in [1.807, 2.05) is 54.9 Å². The van der Waals surface area contributed by atoms with Gasteiger partial charge in [0.2, 0.25) is 0 Å². The van der Waals surface area contributed by atoms with Gasteiger partial charge >= 0.3 is 0 Å². The van der Waals surface area contributed by atoms with Crippen molar-refractivity contribution in [2.75, 3.05) is 4.90 Å². The lowest BCUT2D eigenvalue weighted by atomic mass is 10.1. The number of anilines is 3. The maximum absolute atomic E-state index is 6.08. The van der Waals surface area contributed by atoms with E-state index in [0.717, 1.165) is 33.9 Å². The lowest BCUT2D eigenvalue weighted by Gasteiger charge is -2.33. The molecule has 1 aliphatic rings. The predicted octanol–water partition coefficient (Wildman–Crippen LogP) is 5.81. The summed E-state index contributed by atoms with van der Waals surface area (Å²) in [6.07, 6.45) is 3.82. The topological polar surface area (TPSA) is 25.4 Å². The van der Waals surface area contributed by atoms with Gasteiger partial charge in [-0.3, -0.25) is 4.98 Å². The van der Waals surface area contributed by atoms with Gasteiger partial charge in [-0.2, -0.15) is 0 Å². The summed E-state index contributed by atoms with van der Waals surface area (Å²) in [4.78, 5) is 6.68. The fourth-order valence-electron chi connectivity index (χ4n) is 3.24. The first kappa shape index (κ1) is 13.1. The van der Waals surface area contributed by atoms with Gasteiger partial charge in [-0.1, -0.05) is 48.5 Å². The van der Waals surface area contributed by atoms with Crippen molar-refractivity contribution in [3.8, 4) is 11.5 Å². The largest absolute Gasteiger partial charge is 0.453 e. The van der Waals surface area contributed by atoms with Crippen LogP contribution in [0.25, 0.3) is 10.8 Å². The molecule has 24 heavy (non-hydrogen) atoms. The van der Waals surface area contributed by atoms with Gasteiger partial charge in [0.05, 0.1) is 23.3 Å². The van der Waals surface area contributed by atoms with Gasteiger partial charge in [-0.05, 0) is 24.3 Å². The zero-order chi connectivity index (χ0) is 15.9. The summed E-state index contributed by atoms with van der Waals surface area (Å²) in [6, 6.07) is 24.5. The highest BCUT2D eigenvalue weighted by Crippen LogP contribution is 2.51. The standard InChI is InChI=1S/C21H14N2O/c1-2-8-16-15(7-1)13-22-14-19(16)23-17-9-3-5-11-20(17)24-21-12-6-4-10-18(21)23/h1-14H. The smallest absolute Gasteiger partial charge is 0.151 e. The van der Waals surface area contributed by atoms with Crippen LogP contribution in [0.5, 0.6) is 11.5 Å². The molecule has 5 rings (SSSR count). The lowest BCUT2D eigenvalue weighted by Crippen LogP contribution is -2.16. The first-order chi connectivity index (χ1) is 11.9. The number of aromatic nitrogens is 1.